The highest BCUT2D eigenvalue weighted by molar-refractivity contribution is 7.91. The number of aliphatic hydroxyl groups is 1. The van der Waals surface area contributed by atoms with Crippen molar-refractivity contribution in [1.82, 2.24) is 0 Å². The first-order valence-corrected chi connectivity index (χ1v) is 7.10. The van der Waals surface area contributed by atoms with Crippen molar-refractivity contribution in [3.8, 4) is 0 Å². The van der Waals surface area contributed by atoms with Gasteiger partial charge in [-0.2, -0.15) is 0 Å². The highest BCUT2D eigenvalue weighted by Gasteiger charge is 2.67. The smallest absolute Gasteiger partial charge is 0.152 e. The van der Waals surface area contributed by atoms with Gasteiger partial charge in [0, 0.05) is 12.2 Å². The van der Waals surface area contributed by atoms with Crippen molar-refractivity contribution in [2.75, 3.05) is 12.9 Å². The van der Waals surface area contributed by atoms with Gasteiger partial charge in [-0.25, -0.2) is 12.8 Å². The van der Waals surface area contributed by atoms with Gasteiger partial charge in [0.2, 0.25) is 0 Å². The number of halogens is 1. The molecule has 1 aromatic rings. The maximum absolute atomic E-state index is 12.8. The Morgan fingerprint density at radius 1 is 1.41 bits per heavy atom. The summed E-state index contributed by atoms with van der Waals surface area (Å²) in [6.45, 7) is -0.410. The molecule has 0 amide bonds. The van der Waals surface area contributed by atoms with Gasteiger partial charge < -0.3 is 10.8 Å². The van der Waals surface area contributed by atoms with Crippen molar-refractivity contribution in [2.24, 2.45) is 5.73 Å². The van der Waals surface area contributed by atoms with Crippen LogP contribution < -0.4 is 5.73 Å². The summed E-state index contributed by atoms with van der Waals surface area (Å²) < 4.78 is 35.9. The third-order valence-corrected chi connectivity index (χ3v) is 4.90. The van der Waals surface area contributed by atoms with Crippen LogP contribution in [0.2, 0.25) is 0 Å². The molecule has 4 nitrogen and oxygen atoms in total. The Kier molecular flexibility index (Phi) is 2.76. The number of hydrogen-bond donors (Lipinski definition) is 2. The Hall–Kier alpha value is -0.980. The lowest BCUT2D eigenvalue weighted by Crippen LogP contribution is -2.34. The van der Waals surface area contributed by atoms with Crippen molar-refractivity contribution >= 4 is 9.84 Å². The van der Waals surface area contributed by atoms with Crippen LogP contribution in [0.15, 0.2) is 24.3 Å². The third kappa shape index (κ3) is 1.96. The van der Waals surface area contributed by atoms with Crippen LogP contribution in [0.3, 0.4) is 0 Å². The third-order valence-electron chi connectivity index (χ3n) is 3.27. The lowest BCUT2D eigenvalue weighted by Gasteiger charge is -2.06. The first kappa shape index (κ1) is 12.5. The molecule has 0 aromatic heterocycles. The van der Waals surface area contributed by atoms with E-state index in [1.165, 1.54) is 24.3 Å². The molecule has 2 rings (SSSR count). The van der Waals surface area contributed by atoms with Gasteiger partial charge in [-0.15, -0.1) is 0 Å². The topological polar surface area (TPSA) is 80.4 Å². The summed E-state index contributed by atoms with van der Waals surface area (Å²) in [5, 5.41) is 8.42. The van der Waals surface area contributed by atoms with Crippen LogP contribution in [0.25, 0.3) is 0 Å². The molecule has 1 aromatic carbocycles. The Balaban J connectivity index is 2.37. The van der Waals surface area contributed by atoms with E-state index in [1.807, 2.05) is 0 Å². The molecule has 0 bridgehead atoms. The van der Waals surface area contributed by atoms with E-state index >= 15 is 0 Å². The van der Waals surface area contributed by atoms with E-state index in [0.717, 1.165) is 6.26 Å². The molecule has 0 heterocycles. The predicted octanol–water partition coefficient (Wildman–Crippen LogP) is 0.0259. The molecule has 0 radical (unpaired) electrons. The van der Waals surface area contributed by atoms with Gasteiger partial charge in [0.25, 0.3) is 0 Å². The first-order chi connectivity index (χ1) is 7.80. The number of aliphatic hydroxyl groups excluding tert-OH is 1. The molecular weight excluding hydrogens is 245 g/mol. The molecule has 0 saturated heterocycles. The standard InChI is InChI=1S/C11H14FNO3S/c1-17(15,16)10-9(11(10,13)6-14)7-2-4-8(12)5-3-7/h2-5,9-10,14H,6,13H2,1H3/t9-,10+,11+/m0/s1. The zero-order valence-electron chi connectivity index (χ0n) is 9.30. The minimum Gasteiger partial charge on any atom is -0.394 e. The van der Waals surface area contributed by atoms with Crippen LogP contribution in [-0.2, 0) is 9.84 Å². The summed E-state index contributed by atoms with van der Waals surface area (Å²) in [5.74, 6) is -0.861. The second kappa shape index (κ2) is 3.76. The van der Waals surface area contributed by atoms with E-state index in [-0.39, 0.29) is 0 Å². The Morgan fingerprint density at radius 2 is 1.94 bits per heavy atom. The van der Waals surface area contributed by atoms with E-state index < -0.39 is 39.0 Å². The monoisotopic (exact) mass is 259 g/mol. The number of nitrogens with two attached hydrogens (primary N) is 1. The quantitative estimate of drug-likeness (QED) is 0.802. The minimum absolute atomic E-state index is 0.392. The van der Waals surface area contributed by atoms with Crippen molar-refractivity contribution in [3.05, 3.63) is 35.6 Å². The van der Waals surface area contributed by atoms with Crippen LogP contribution in [0, 0.1) is 5.82 Å². The SMILES string of the molecule is CS(=O)(=O)[C@@H]1[C@H](c2ccc(F)cc2)[C@]1(N)CO. The molecule has 94 valence electrons. The largest absolute Gasteiger partial charge is 0.394 e. The summed E-state index contributed by atoms with van der Waals surface area (Å²) in [6, 6.07) is 5.51. The summed E-state index contributed by atoms with van der Waals surface area (Å²) in [6.07, 6.45) is 1.10. The number of hydrogen-bond acceptors (Lipinski definition) is 4. The second-order valence-corrected chi connectivity index (χ2v) is 6.72. The van der Waals surface area contributed by atoms with Gasteiger partial charge in [-0.3, -0.25) is 0 Å². The Morgan fingerprint density at radius 3 is 2.29 bits per heavy atom. The van der Waals surface area contributed by atoms with Gasteiger partial charge in [-0.1, -0.05) is 12.1 Å². The van der Waals surface area contributed by atoms with E-state index in [9.17, 15) is 17.9 Å². The number of rotatable bonds is 3. The lowest BCUT2D eigenvalue weighted by atomic mass is 10.1. The highest BCUT2D eigenvalue weighted by atomic mass is 32.2. The molecule has 1 saturated carbocycles. The lowest BCUT2D eigenvalue weighted by molar-refractivity contribution is 0.253. The molecule has 0 spiro atoms. The van der Waals surface area contributed by atoms with E-state index in [1.54, 1.807) is 0 Å². The van der Waals surface area contributed by atoms with Crippen LogP contribution >= 0.6 is 0 Å². The molecule has 6 heteroatoms. The zero-order chi connectivity index (χ0) is 12.8. The average molecular weight is 259 g/mol. The second-order valence-electron chi connectivity index (χ2n) is 4.55. The fraction of sp³-hybridized carbons (Fsp3) is 0.455. The van der Waals surface area contributed by atoms with E-state index in [2.05, 4.69) is 0 Å². The van der Waals surface area contributed by atoms with Crippen LogP contribution in [0.4, 0.5) is 4.39 Å². The highest BCUT2D eigenvalue weighted by Crippen LogP contribution is 2.53. The average Bonchev–Trinajstić information content (AvgIpc) is 2.87. The van der Waals surface area contributed by atoms with Crippen molar-refractivity contribution in [1.29, 1.82) is 0 Å². The van der Waals surface area contributed by atoms with Gasteiger partial charge in [0.1, 0.15) is 5.82 Å². The maximum atomic E-state index is 12.8. The molecule has 3 atom stereocenters. The summed E-state index contributed by atoms with van der Waals surface area (Å²) in [4.78, 5) is 0. The Labute approximate surface area is 99.2 Å². The fourth-order valence-electron chi connectivity index (χ4n) is 2.41. The molecule has 17 heavy (non-hydrogen) atoms. The van der Waals surface area contributed by atoms with E-state index in [0.29, 0.717) is 5.56 Å². The Bertz CT molecular complexity index is 528. The van der Waals surface area contributed by atoms with Crippen LogP contribution in [0.1, 0.15) is 11.5 Å². The summed E-state index contributed by atoms with van der Waals surface area (Å²) >= 11 is 0. The normalized spacial score (nSPS) is 32.5. The van der Waals surface area contributed by atoms with Gasteiger partial charge in [0.15, 0.2) is 9.84 Å². The molecule has 0 aliphatic heterocycles. The molecular formula is C11H14FNO3S. The van der Waals surface area contributed by atoms with Crippen molar-refractivity contribution < 1.29 is 17.9 Å². The minimum atomic E-state index is -3.34. The molecule has 1 fully saturated rings. The van der Waals surface area contributed by atoms with E-state index in [4.69, 9.17) is 5.73 Å². The molecule has 1 aliphatic carbocycles. The maximum Gasteiger partial charge on any atom is 0.152 e. The van der Waals surface area contributed by atoms with Crippen LogP contribution in [0.5, 0.6) is 0 Å². The zero-order valence-corrected chi connectivity index (χ0v) is 10.1. The predicted molar refractivity (Wildman–Crippen MR) is 61.8 cm³/mol. The van der Waals surface area contributed by atoms with Gasteiger partial charge >= 0.3 is 0 Å². The number of benzene rings is 1. The summed E-state index contributed by atoms with van der Waals surface area (Å²) in [7, 11) is -3.34. The van der Waals surface area contributed by atoms with Gasteiger partial charge in [0.05, 0.1) is 17.4 Å². The molecule has 0 unspecified atom stereocenters. The van der Waals surface area contributed by atoms with Crippen molar-refractivity contribution in [2.45, 2.75) is 16.7 Å². The van der Waals surface area contributed by atoms with Crippen LogP contribution in [-0.4, -0.2) is 37.2 Å². The summed E-state index contributed by atoms with van der Waals surface area (Å²) in [5.41, 5.74) is 5.36. The fourth-order valence-corrected chi connectivity index (χ4v) is 4.26. The molecule has 3 N–H and O–H groups in total. The molecule has 1 aliphatic rings. The van der Waals surface area contributed by atoms with Crippen molar-refractivity contribution in [3.63, 3.8) is 0 Å². The first-order valence-electron chi connectivity index (χ1n) is 5.15. The number of sulfone groups is 1. The van der Waals surface area contributed by atoms with Gasteiger partial charge in [-0.05, 0) is 17.7 Å².